The first kappa shape index (κ1) is 23.3. The summed E-state index contributed by atoms with van der Waals surface area (Å²) in [7, 11) is -3.46. The summed E-state index contributed by atoms with van der Waals surface area (Å²) >= 11 is 0. The number of para-hydroxylation sites is 1. The molecule has 9 heteroatoms. The highest BCUT2D eigenvalue weighted by atomic mass is 32.2. The van der Waals surface area contributed by atoms with Gasteiger partial charge in [-0.05, 0) is 31.2 Å². The standard InChI is InChI=1S/C24H30N4O4S/c1-19-7-9-22(10-8-19)28-18-20(17-23(28)29)24(30)25-11-16-33(31,32)27-14-12-26(13-15-27)21-5-3-2-4-6-21/h2-10,20H,11-18H2,1H3,(H,25,30)/t20-/m1/s1. The van der Waals surface area contributed by atoms with Crippen molar-refractivity contribution in [1.29, 1.82) is 0 Å². The zero-order valence-electron chi connectivity index (χ0n) is 18.8. The van der Waals surface area contributed by atoms with Crippen LogP contribution >= 0.6 is 0 Å². The van der Waals surface area contributed by atoms with E-state index >= 15 is 0 Å². The molecule has 2 aromatic carbocycles. The van der Waals surface area contributed by atoms with Crippen molar-refractivity contribution in [3.05, 3.63) is 60.2 Å². The van der Waals surface area contributed by atoms with E-state index in [0.717, 1.165) is 16.9 Å². The topological polar surface area (TPSA) is 90.0 Å². The van der Waals surface area contributed by atoms with E-state index in [0.29, 0.717) is 32.7 Å². The number of rotatable bonds is 7. The van der Waals surface area contributed by atoms with Crippen molar-refractivity contribution >= 4 is 33.2 Å². The van der Waals surface area contributed by atoms with Gasteiger partial charge in [-0.15, -0.1) is 0 Å². The molecule has 4 rings (SSSR count). The molecule has 0 aromatic heterocycles. The lowest BCUT2D eigenvalue weighted by molar-refractivity contribution is -0.126. The Morgan fingerprint density at radius 3 is 2.30 bits per heavy atom. The Morgan fingerprint density at radius 2 is 1.64 bits per heavy atom. The Labute approximate surface area is 195 Å². The summed E-state index contributed by atoms with van der Waals surface area (Å²) in [6.07, 6.45) is 0.133. The molecule has 0 unspecified atom stereocenters. The molecule has 0 bridgehead atoms. The Bertz CT molecular complexity index is 1080. The van der Waals surface area contributed by atoms with Gasteiger partial charge in [0.2, 0.25) is 21.8 Å². The van der Waals surface area contributed by atoms with Crippen LogP contribution in [0, 0.1) is 12.8 Å². The van der Waals surface area contributed by atoms with Crippen LogP contribution < -0.4 is 15.1 Å². The number of nitrogens with one attached hydrogen (secondary N) is 1. The van der Waals surface area contributed by atoms with E-state index in [1.165, 1.54) is 4.31 Å². The zero-order valence-corrected chi connectivity index (χ0v) is 19.6. The van der Waals surface area contributed by atoms with Crippen molar-refractivity contribution in [3.8, 4) is 0 Å². The minimum Gasteiger partial charge on any atom is -0.369 e. The molecule has 2 aromatic rings. The third kappa shape index (κ3) is 5.54. The van der Waals surface area contributed by atoms with Crippen LogP contribution in [0.15, 0.2) is 54.6 Å². The summed E-state index contributed by atoms with van der Waals surface area (Å²) in [5, 5.41) is 2.72. The molecule has 2 aliphatic heterocycles. The molecule has 0 radical (unpaired) electrons. The summed E-state index contributed by atoms with van der Waals surface area (Å²) in [4.78, 5) is 28.8. The van der Waals surface area contributed by atoms with Crippen LogP contribution in [0.5, 0.6) is 0 Å². The van der Waals surface area contributed by atoms with Crippen LogP contribution in [0.25, 0.3) is 0 Å². The summed E-state index contributed by atoms with van der Waals surface area (Å²) in [5.41, 5.74) is 2.97. The van der Waals surface area contributed by atoms with E-state index in [2.05, 4.69) is 10.2 Å². The number of hydrogen-bond donors (Lipinski definition) is 1. The molecule has 8 nitrogen and oxygen atoms in total. The van der Waals surface area contributed by atoms with Crippen LogP contribution in [0.4, 0.5) is 11.4 Å². The number of aryl methyl sites for hydroxylation is 1. The van der Waals surface area contributed by atoms with E-state index in [9.17, 15) is 18.0 Å². The van der Waals surface area contributed by atoms with E-state index < -0.39 is 15.9 Å². The maximum absolute atomic E-state index is 12.7. The number of anilines is 2. The van der Waals surface area contributed by atoms with Crippen molar-refractivity contribution in [2.75, 3.05) is 54.8 Å². The average Bonchev–Trinajstić information content (AvgIpc) is 3.22. The minimum atomic E-state index is -3.46. The molecule has 0 aliphatic carbocycles. The molecule has 2 amide bonds. The van der Waals surface area contributed by atoms with Crippen LogP contribution in [-0.2, 0) is 19.6 Å². The first-order valence-corrected chi connectivity index (χ1v) is 12.9. The normalized spacial score (nSPS) is 19.7. The predicted octanol–water partition coefficient (Wildman–Crippen LogP) is 1.62. The summed E-state index contributed by atoms with van der Waals surface area (Å²) in [5.74, 6) is -0.993. The molecule has 1 N–H and O–H groups in total. The number of carbonyl (C=O) groups is 2. The molecule has 2 aliphatic rings. The zero-order chi connectivity index (χ0) is 23.4. The molecule has 1 atom stereocenters. The SMILES string of the molecule is Cc1ccc(N2C[C@H](C(=O)NCCS(=O)(=O)N3CCN(c4ccccc4)CC3)CC2=O)cc1. The van der Waals surface area contributed by atoms with Crippen LogP contribution in [-0.4, -0.2) is 69.6 Å². The molecule has 176 valence electrons. The second kappa shape index (κ2) is 9.93. The molecule has 2 fully saturated rings. The number of piperazine rings is 1. The predicted molar refractivity (Wildman–Crippen MR) is 129 cm³/mol. The number of sulfonamides is 1. The fraction of sp³-hybridized carbons (Fsp3) is 0.417. The first-order valence-electron chi connectivity index (χ1n) is 11.3. The molecule has 0 saturated carbocycles. The molecule has 2 saturated heterocycles. The Balaban J connectivity index is 1.24. The number of amides is 2. The van der Waals surface area contributed by atoms with Gasteiger partial charge in [0.15, 0.2) is 0 Å². The second-order valence-electron chi connectivity index (χ2n) is 8.57. The fourth-order valence-corrected chi connectivity index (χ4v) is 5.64. The van der Waals surface area contributed by atoms with Crippen LogP contribution in [0.2, 0.25) is 0 Å². The van der Waals surface area contributed by atoms with E-state index in [1.807, 2.05) is 61.5 Å². The number of nitrogens with zero attached hydrogens (tertiary/aromatic N) is 3. The van der Waals surface area contributed by atoms with Gasteiger partial charge in [-0.1, -0.05) is 35.9 Å². The molecular weight excluding hydrogens is 440 g/mol. The van der Waals surface area contributed by atoms with Crippen molar-refractivity contribution in [1.82, 2.24) is 9.62 Å². The second-order valence-corrected chi connectivity index (χ2v) is 10.7. The Morgan fingerprint density at radius 1 is 0.970 bits per heavy atom. The van der Waals surface area contributed by atoms with Gasteiger partial charge in [0.25, 0.3) is 0 Å². The van der Waals surface area contributed by atoms with E-state index in [-0.39, 0.29) is 30.5 Å². The molecule has 33 heavy (non-hydrogen) atoms. The van der Waals surface area contributed by atoms with Gasteiger partial charge in [-0.3, -0.25) is 9.59 Å². The molecular formula is C24H30N4O4S. The van der Waals surface area contributed by atoms with Gasteiger partial charge in [-0.25, -0.2) is 8.42 Å². The average molecular weight is 471 g/mol. The Kier molecular flexibility index (Phi) is 6.99. The van der Waals surface area contributed by atoms with Crippen molar-refractivity contribution in [2.24, 2.45) is 5.92 Å². The third-order valence-corrected chi connectivity index (χ3v) is 8.13. The highest BCUT2D eigenvalue weighted by Crippen LogP contribution is 2.25. The molecule has 2 heterocycles. The van der Waals surface area contributed by atoms with E-state index in [1.54, 1.807) is 4.90 Å². The summed E-state index contributed by atoms with van der Waals surface area (Å²) in [6, 6.07) is 17.6. The summed E-state index contributed by atoms with van der Waals surface area (Å²) in [6.45, 7) is 4.44. The number of carbonyl (C=O) groups excluding carboxylic acids is 2. The van der Waals surface area contributed by atoms with Crippen molar-refractivity contribution in [2.45, 2.75) is 13.3 Å². The quantitative estimate of drug-likeness (QED) is 0.664. The highest BCUT2D eigenvalue weighted by Gasteiger charge is 2.35. The van der Waals surface area contributed by atoms with Gasteiger partial charge in [0.05, 0.1) is 11.7 Å². The fourth-order valence-electron chi connectivity index (χ4n) is 4.30. The molecule has 0 spiro atoms. The monoisotopic (exact) mass is 470 g/mol. The van der Waals surface area contributed by atoms with Crippen molar-refractivity contribution < 1.29 is 18.0 Å². The maximum Gasteiger partial charge on any atom is 0.227 e. The van der Waals surface area contributed by atoms with Gasteiger partial charge in [0, 0.05) is 57.1 Å². The number of benzene rings is 2. The highest BCUT2D eigenvalue weighted by molar-refractivity contribution is 7.89. The van der Waals surface area contributed by atoms with Crippen LogP contribution in [0.3, 0.4) is 0 Å². The Hall–Kier alpha value is -2.91. The minimum absolute atomic E-state index is 0.0370. The lowest BCUT2D eigenvalue weighted by atomic mass is 10.1. The van der Waals surface area contributed by atoms with E-state index in [4.69, 9.17) is 0 Å². The third-order valence-electron chi connectivity index (χ3n) is 6.25. The largest absolute Gasteiger partial charge is 0.369 e. The van der Waals surface area contributed by atoms with Gasteiger partial charge >= 0.3 is 0 Å². The lowest BCUT2D eigenvalue weighted by Crippen LogP contribution is -2.50. The maximum atomic E-state index is 12.7. The van der Waals surface area contributed by atoms with Gasteiger partial charge in [-0.2, -0.15) is 4.31 Å². The van der Waals surface area contributed by atoms with Gasteiger partial charge < -0.3 is 15.1 Å². The van der Waals surface area contributed by atoms with Gasteiger partial charge in [0.1, 0.15) is 0 Å². The first-order chi connectivity index (χ1) is 15.8. The summed E-state index contributed by atoms with van der Waals surface area (Å²) < 4.78 is 27.0. The lowest BCUT2D eigenvalue weighted by Gasteiger charge is -2.35. The van der Waals surface area contributed by atoms with Crippen LogP contribution in [0.1, 0.15) is 12.0 Å². The smallest absolute Gasteiger partial charge is 0.227 e. The van der Waals surface area contributed by atoms with Crippen molar-refractivity contribution in [3.63, 3.8) is 0 Å². The number of hydrogen-bond acceptors (Lipinski definition) is 5.